The Labute approximate surface area is 267 Å². The largest absolute Gasteiger partial charge is 0.481 e. The second-order valence-electron chi connectivity index (χ2n) is 12.4. The van der Waals surface area contributed by atoms with E-state index < -0.39 is 5.97 Å². The molecule has 4 heteroatoms. The normalized spacial score (nSPS) is 12.6. The summed E-state index contributed by atoms with van der Waals surface area (Å²) in [4.78, 5) is 23.3. The molecule has 0 radical (unpaired) electrons. The predicted molar refractivity (Wildman–Crippen MR) is 186 cm³/mol. The van der Waals surface area contributed by atoms with Crippen LogP contribution in [0.3, 0.4) is 0 Å². The van der Waals surface area contributed by atoms with E-state index >= 15 is 0 Å². The molecule has 250 valence electrons. The van der Waals surface area contributed by atoms with Gasteiger partial charge in [0.1, 0.15) is 6.10 Å². The maximum Gasteiger partial charge on any atom is 0.306 e. The van der Waals surface area contributed by atoms with Crippen molar-refractivity contribution in [1.29, 1.82) is 0 Å². The van der Waals surface area contributed by atoms with Gasteiger partial charge in [-0.05, 0) is 89.9 Å². The Hall–Kier alpha value is -1.84. The van der Waals surface area contributed by atoms with Crippen LogP contribution < -0.4 is 0 Å². The van der Waals surface area contributed by atoms with Gasteiger partial charge in [0.2, 0.25) is 0 Å². The van der Waals surface area contributed by atoms with Crippen molar-refractivity contribution in [3.63, 3.8) is 0 Å². The summed E-state index contributed by atoms with van der Waals surface area (Å²) < 4.78 is 5.95. The van der Waals surface area contributed by atoms with Gasteiger partial charge >= 0.3 is 11.9 Å². The Bertz CT molecular complexity index is 693. The van der Waals surface area contributed by atoms with Crippen molar-refractivity contribution in [3.05, 3.63) is 36.5 Å². The van der Waals surface area contributed by atoms with Crippen LogP contribution >= 0.6 is 0 Å². The topological polar surface area (TPSA) is 63.6 Å². The van der Waals surface area contributed by atoms with E-state index in [4.69, 9.17) is 9.84 Å². The average Bonchev–Trinajstić information content (AvgIpc) is 2.99. The molecule has 0 heterocycles. The molecule has 0 aromatic rings. The summed E-state index contributed by atoms with van der Waals surface area (Å²) in [6, 6.07) is 0. The Kier molecular flexibility index (Phi) is 33.2. The third kappa shape index (κ3) is 34.5. The number of hydrogen-bond donors (Lipinski definition) is 1. The van der Waals surface area contributed by atoms with E-state index in [0.29, 0.717) is 6.42 Å². The van der Waals surface area contributed by atoms with E-state index in [9.17, 15) is 9.59 Å². The first-order valence-corrected chi connectivity index (χ1v) is 18.5. The molecule has 0 rings (SSSR count). The quantitative estimate of drug-likeness (QED) is 0.0461. The van der Waals surface area contributed by atoms with E-state index in [1.807, 2.05) is 0 Å². The number of rotatable bonds is 33. The maximum absolute atomic E-state index is 12.6. The van der Waals surface area contributed by atoms with E-state index in [0.717, 1.165) is 77.0 Å². The summed E-state index contributed by atoms with van der Waals surface area (Å²) in [5.74, 6) is -0.739. The molecule has 0 aliphatic carbocycles. The molecular formula is C39H70O4. The lowest BCUT2D eigenvalue weighted by atomic mass is 10.0. The van der Waals surface area contributed by atoms with E-state index in [2.05, 4.69) is 50.3 Å². The number of aliphatic carboxylic acids is 1. The number of carbonyl (C=O) groups is 2. The summed E-state index contributed by atoms with van der Waals surface area (Å²) in [6.07, 6.45) is 44.4. The fourth-order valence-electron chi connectivity index (χ4n) is 5.33. The fourth-order valence-corrected chi connectivity index (χ4v) is 5.33. The molecule has 4 nitrogen and oxygen atoms in total. The Balaban J connectivity index is 4.13. The summed E-state index contributed by atoms with van der Waals surface area (Å²) in [7, 11) is 0. The van der Waals surface area contributed by atoms with Gasteiger partial charge in [0.15, 0.2) is 0 Å². The molecular weight excluding hydrogens is 532 g/mol. The first-order valence-electron chi connectivity index (χ1n) is 18.5. The predicted octanol–water partition coefficient (Wildman–Crippen LogP) is 12.6. The molecule has 0 aromatic carbocycles. The lowest BCUT2D eigenvalue weighted by molar-refractivity contribution is -0.150. The summed E-state index contributed by atoms with van der Waals surface area (Å²) >= 11 is 0. The van der Waals surface area contributed by atoms with Crippen LogP contribution in [0.4, 0.5) is 0 Å². The minimum absolute atomic E-state index is 0.0109. The lowest BCUT2D eigenvalue weighted by Gasteiger charge is -2.18. The van der Waals surface area contributed by atoms with Gasteiger partial charge in [-0.25, -0.2) is 0 Å². The van der Waals surface area contributed by atoms with Gasteiger partial charge in [-0.2, -0.15) is 0 Å². The van der Waals surface area contributed by atoms with Crippen LogP contribution in [-0.4, -0.2) is 23.1 Å². The van der Waals surface area contributed by atoms with Crippen molar-refractivity contribution in [2.75, 3.05) is 0 Å². The zero-order valence-electron chi connectivity index (χ0n) is 28.5. The molecule has 0 aliphatic heterocycles. The molecule has 0 aliphatic rings. The summed E-state index contributed by atoms with van der Waals surface area (Å²) in [5.41, 5.74) is 0. The summed E-state index contributed by atoms with van der Waals surface area (Å²) in [6.45, 7) is 4.50. The van der Waals surface area contributed by atoms with Crippen LogP contribution in [0.1, 0.15) is 194 Å². The Morgan fingerprint density at radius 3 is 1.53 bits per heavy atom. The molecule has 43 heavy (non-hydrogen) atoms. The zero-order chi connectivity index (χ0) is 31.5. The molecule has 1 unspecified atom stereocenters. The Morgan fingerprint density at radius 1 is 0.512 bits per heavy atom. The first kappa shape index (κ1) is 41.2. The van der Waals surface area contributed by atoms with Gasteiger partial charge in [0, 0.05) is 12.8 Å². The minimum Gasteiger partial charge on any atom is -0.481 e. The number of esters is 1. The molecule has 0 aromatic heterocycles. The molecule has 0 bridgehead atoms. The molecule has 1 N–H and O–H groups in total. The highest BCUT2D eigenvalue weighted by molar-refractivity contribution is 5.69. The van der Waals surface area contributed by atoms with Crippen LogP contribution in [0, 0.1) is 0 Å². The summed E-state index contributed by atoms with van der Waals surface area (Å²) in [5, 5.41) is 8.79. The average molecular weight is 603 g/mol. The number of ether oxygens (including phenoxy) is 1. The van der Waals surface area contributed by atoms with E-state index in [1.54, 1.807) is 0 Å². The number of carboxylic acid groups (broad SMARTS) is 1. The van der Waals surface area contributed by atoms with Gasteiger partial charge in [0.05, 0.1) is 0 Å². The minimum atomic E-state index is -0.708. The van der Waals surface area contributed by atoms with Crippen molar-refractivity contribution in [2.24, 2.45) is 0 Å². The van der Waals surface area contributed by atoms with Crippen molar-refractivity contribution < 1.29 is 19.4 Å². The SMILES string of the molecule is CCCCC/C=C\C/C=C\CCCC(CCCCCCCC(=O)O)OC(=O)CCCCCCC/C=C\CCCCCCC. The van der Waals surface area contributed by atoms with Crippen LogP contribution in [-0.2, 0) is 14.3 Å². The molecule has 0 amide bonds. The van der Waals surface area contributed by atoms with E-state index in [1.165, 1.54) is 89.9 Å². The second-order valence-corrected chi connectivity index (χ2v) is 12.4. The number of allylic oxidation sites excluding steroid dienone is 6. The standard InChI is InChI=1S/C39H70O4/c1-3-5-7-9-11-13-15-16-17-19-21-23-28-32-36-39(42)43-37(34-30-26-24-27-31-35-38(40)41)33-29-25-22-20-18-14-12-10-8-6-4-2/h12,14-16,20,22,37H,3-11,13,17-19,21,23-36H2,1-2H3,(H,40,41)/b14-12-,16-15-,22-20-. The number of carboxylic acids is 1. The lowest BCUT2D eigenvalue weighted by Crippen LogP contribution is -2.18. The van der Waals surface area contributed by atoms with Crippen molar-refractivity contribution in [1.82, 2.24) is 0 Å². The number of unbranched alkanes of at least 4 members (excludes halogenated alkanes) is 18. The molecule has 0 saturated heterocycles. The van der Waals surface area contributed by atoms with Crippen LogP contribution in [0.25, 0.3) is 0 Å². The Morgan fingerprint density at radius 2 is 0.930 bits per heavy atom. The number of carbonyl (C=O) groups excluding carboxylic acids is 1. The second kappa shape index (κ2) is 34.6. The van der Waals surface area contributed by atoms with Crippen LogP contribution in [0.15, 0.2) is 36.5 Å². The highest BCUT2D eigenvalue weighted by Crippen LogP contribution is 2.17. The molecule has 0 fully saturated rings. The van der Waals surface area contributed by atoms with Crippen LogP contribution in [0.2, 0.25) is 0 Å². The smallest absolute Gasteiger partial charge is 0.306 e. The van der Waals surface area contributed by atoms with Crippen molar-refractivity contribution >= 4 is 11.9 Å². The van der Waals surface area contributed by atoms with Crippen molar-refractivity contribution in [2.45, 2.75) is 200 Å². The van der Waals surface area contributed by atoms with Gasteiger partial charge in [-0.15, -0.1) is 0 Å². The highest BCUT2D eigenvalue weighted by atomic mass is 16.5. The van der Waals surface area contributed by atoms with Gasteiger partial charge in [-0.1, -0.05) is 127 Å². The van der Waals surface area contributed by atoms with Crippen LogP contribution in [0.5, 0.6) is 0 Å². The first-order chi connectivity index (χ1) is 21.1. The third-order valence-corrected chi connectivity index (χ3v) is 8.08. The molecule has 0 spiro atoms. The molecule has 1 atom stereocenters. The van der Waals surface area contributed by atoms with Gasteiger partial charge in [0.25, 0.3) is 0 Å². The van der Waals surface area contributed by atoms with Gasteiger partial charge < -0.3 is 9.84 Å². The highest BCUT2D eigenvalue weighted by Gasteiger charge is 2.14. The third-order valence-electron chi connectivity index (χ3n) is 8.08. The van der Waals surface area contributed by atoms with Crippen molar-refractivity contribution in [3.8, 4) is 0 Å². The molecule has 0 saturated carbocycles. The van der Waals surface area contributed by atoms with E-state index in [-0.39, 0.29) is 18.5 Å². The maximum atomic E-state index is 12.6. The van der Waals surface area contributed by atoms with Gasteiger partial charge in [-0.3, -0.25) is 9.59 Å². The monoisotopic (exact) mass is 603 g/mol. The fraction of sp³-hybridized carbons (Fsp3) is 0.795. The number of hydrogen-bond acceptors (Lipinski definition) is 3. The zero-order valence-corrected chi connectivity index (χ0v) is 28.5.